The molecule has 2 atom stereocenters. The topological polar surface area (TPSA) is 58.4 Å². The van der Waals surface area contributed by atoms with Crippen LogP contribution in [0.15, 0.2) is 24.3 Å². The van der Waals surface area contributed by atoms with E-state index in [1.807, 2.05) is 24.3 Å². The molecule has 0 aliphatic carbocycles. The lowest BCUT2D eigenvalue weighted by atomic mass is 10.0. The van der Waals surface area contributed by atoms with E-state index in [0.29, 0.717) is 0 Å². The molecule has 0 saturated carbocycles. The van der Waals surface area contributed by atoms with Gasteiger partial charge in [-0.1, -0.05) is 18.2 Å². The molecule has 1 amide bonds. The predicted molar refractivity (Wildman–Crippen MR) is 66.6 cm³/mol. The summed E-state index contributed by atoms with van der Waals surface area (Å²) in [5.74, 6) is 0.0836. The van der Waals surface area contributed by atoms with Gasteiger partial charge in [0.1, 0.15) is 6.04 Å². The molecule has 4 nitrogen and oxygen atoms in total. The zero-order chi connectivity index (χ0) is 11.8. The number of hydrogen-bond donors (Lipinski definition) is 2. The number of carbonyl (C=O) groups is 1. The smallest absolute Gasteiger partial charge is 0.246 e. The van der Waals surface area contributed by atoms with Gasteiger partial charge in [0, 0.05) is 23.8 Å². The van der Waals surface area contributed by atoms with Gasteiger partial charge in [-0.25, -0.2) is 0 Å². The van der Waals surface area contributed by atoms with E-state index in [-0.39, 0.29) is 18.0 Å². The van der Waals surface area contributed by atoms with Crippen LogP contribution in [0, 0.1) is 0 Å². The van der Waals surface area contributed by atoms with Crippen molar-refractivity contribution in [3.8, 4) is 0 Å². The number of benzene rings is 1. The molecule has 17 heavy (non-hydrogen) atoms. The van der Waals surface area contributed by atoms with Crippen molar-refractivity contribution in [2.75, 3.05) is 18.4 Å². The number of anilines is 1. The Hall–Kier alpha value is -1.39. The van der Waals surface area contributed by atoms with Crippen LogP contribution in [0.1, 0.15) is 24.4 Å². The summed E-state index contributed by atoms with van der Waals surface area (Å²) in [7, 11) is 0. The van der Waals surface area contributed by atoms with Crippen LogP contribution >= 0.6 is 0 Å². The van der Waals surface area contributed by atoms with Crippen molar-refractivity contribution in [2.45, 2.75) is 24.9 Å². The highest BCUT2D eigenvalue weighted by atomic mass is 16.2. The van der Waals surface area contributed by atoms with Gasteiger partial charge in [0.15, 0.2) is 0 Å². The van der Waals surface area contributed by atoms with E-state index in [4.69, 9.17) is 5.73 Å². The summed E-state index contributed by atoms with van der Waals surface area (Å²) in [6.07, 6.45) is 2.14. The van der Waals surface area contributed by atoms with E-state index in [2.05, 4.69) is 10.2 Å². The molecule has 1 saturated heterocycles. The molecule has 0 radical (unpaired) electrons. The standard InChI is InChI=1S/C13H17N3O/c14-9-4-3-7-16(8-9)12-10-5-1-2-6-11(10)15-13(12)17/h1-2,5-6,9,12H,3-4,7-8,14H2,(H,15,17). The minimum atomic E-state index is -0.141. The van der Waals surface area contributed by atoms with Crippen LogP contribution in [-0.2, 0) is 4.79 Å². The second kappa shape index (κ2) is 4.13. The normalized spacial score (nSPS) is 28.9. The first-order valence-electron chi connectivity index (χ1n) is 6.15. The lowest BCUT2D eigenvalue weighted by Crippen LogP contribution is -2.46. The molecular formula is C13H17N3O. The number of rotatable bonds is 1. The fourth-order valence-electron chi connectivity index (χ4n) is 2.83. The Morgan fingerprint density at radius 1 is 1.35 bits per heavy atom. The summed E-state index contributed by atoms with van der Waals surface area (Å²) in [4.78, 5) is 14.2. The summed E-state index contributed by atoms with van der Waals surface area (Å²) >= 11 is 0. The highest BCUT2D eigenvalue weighted by Gasteiger charge is 2.36. The first-order valence-corrected chi connectivity index (χ1v) is 6.15. The van der Waals surface area contributed by atoms with Gasteiger partial charge in [0.25, 0.3) is 0 Å². The van der Waals surface area contributed by atoms with Crippen LogP contribution in [0.5, 0.6) is 0 Å². The number of piperidine rings is 1. The van der Waals surface area contributed by atoms with Gasteiger partial charge >= 0.3 is 0 Å². The molecule has 1 aromatic carbocycles. The summed E-state index contributed by atoms with van der Waals surface area (Å²) in [6.45, 7) is 1.77. The second-order valence-electron chi connectivity index (χ2n) is 4.88. The van der Waals surface area contributed by atoms with Crippen molar-refractivity contribution < 1.29 is 4.79 Å². The molecule has 0 bridgehead atoms. The number of fused-ring (bicyclic) bond motifs is 1. The number of amides is 1. The molecule has 1 aromatic rings. The van der Waals surface area contributed by atoms with Crippen molar-refractivity contribution in [3.05, 3.63) is 29.8 Å². The molecule has 90 valence electrons. The Balaban J connectivity index is 1.90. The molecule has 2 aliphatic rings. The van der Waals surface area contributed by atoms with E-state index < -0.39 is 0 Å². The molecule has 3 N–H and O–H groups in total. The maximum Gasteiger partial charge on any atom is 0.246 e. The van der Waals surface area contributed by atoms with Gasteiger partial charge in [-0.05, 0) is 25.5 Å². The van der Waals surface area contributed by atoms with Crippen molar-refractivity contribution >= 4 is 11.6 Å². The molecule has 4 heteroatoms. The number of carbonyl (C=O) groups excluding carboxylic acids is 1. The SMILES string of the molecule is NC1CCCN(C2C(=O)Nc3ccccc32)C1. The Morgan fingerprint density at radius 2 is 2.18 bits per heavy atom. The molecule has 2 heterocycles. The second-order valence-corrected chi connectivity index (χ2v) is 4.88. The Morgan fingerprint density at radius 3 is 3.00 bits per heavy atom. The van der Waals surface area contributed by atoms with E-state index in [0.717, 1.165) is 37.2 Å². The number of nitrogens with zero attached hydrogens (tertiary/aromatic N) is 1. The van der Waals surface area contributed by atoms with Crippen molar-refractivity contribution in [1.29, 1.82) is 0 Å². The quantitative estimate of drug-likeness (QED) is 0.761. The number of nitrogens with two attached hydrogens (primary N) is 1. The number of para-hydroxylation sites is 1. The third-order valence-electron chi connectivity index (χ3n) is 3.62. The zero-order valence-corrected chi connectivity index (χ0v) is 9.73. The molecule has 3 rings (SSSR count). The first kappa shape index (κ1) is 10.7. The fraction of sp³-hybridized carbons (Fsp3) is 0.462. The van der Waals surface area contributed by atoms with Gasteiger partial charge in [0.05, 0.1) is 0 Å². The van der Waals surface area contributed by atoms with Crippen molar-refractivity contribution in [1.82, 2.24) is 4.90 Å². The lowest BCUT2D eigenvalue weighted by Gasteiger charge is -2.34. The van der Waals surface area contributed by atoms with E-state index in [1.54, 1.807) is 0 Å². The van der Waals surface area contributed by atoms with E-state index in [9.17, 15) is 4.79 Å². The highest BCUT2D eigenvalue weighted by molar-refractivity contribution is 6.02. The molecule has 2 unspecified atom stereocenters. The van der Waals surface area contributed by atoms with Crippen LogP contribution in [-0.4, -0.2) is 29.9 Å². The summed E-state index contributed by atoms with van der Waals surface area (Å²) in [5.41, 5.74) is 8.02. The van der Waals surface area contributed by atoms with Gasteiger partial charge < -0.3 is 11.1 Å². The van der Waals surface area contributed by atoms with Crippen LogP contribution in [0.3, 0.4) is 0 Å². The summed E-state index contributed by atoms with van der Waals surface area (Å²) in [5, 5.41) is 2.94. The minimum absolute atomic E-state index is 0.0836. The molecule has 0 aromatic heterocycles. The molecule has 1 fully saturated rings. The van der Waals surface area contributed by atoms with Gasteiger partial charge in [-0.15, -0.1) is 0 Å². The summed E-state index contributed by atoms with van der Waals surface area (Å²) < 4.78 is 0. The highest BCUT2D eigenvalue weighted by Crippen LogP contribution is 2.35. The Bertz CT molecular complexity index is 446. The first-order chi connectivity index (χ1) is 8.25. The number of hydrogen-bond acceptors (Lipinski definition) is 3. The van der Waals surface area contributed by atoms with Crippen LogP contribution < -0.4 is 11.1 Å². The van der Waals surface area contributed by atoms with Crippen LogP contribution in [0.25, 0.3) is 0 Å². The maximum atomic E-state index is 12.0. The van der Waals surface area contributed by atoms with E-state index >= 15 is 0 Å². The average molecular weight is 231 g/mol. The summed E-state index contributed by atoms with van der Waals surface area (Å²) in [6, 6.07) is 7.97. The van der Waals surface area contributed by atoms with Gasteiger partial charge in [-0.3, -0.25) is 9.69 Å². The zero-order valence-electron chi connectivity index (χ0n) is 9.73. The Labute approximate surface area is 101 Å². The van der Waals surface area contributed by atoms with Gasteiger partial charge in [0.2, 0.25) is 5.91 Å². The third-order valence-corrected chi connectivity index (χ3v) is 3.62. The fourth-order valence-corrected chi connectivity index (χ4v) is 2.83. The number of likely N-dealkylation sites (tertiary alicyclic amines) is 1. The van der Waals surface area contributed by atoms with Gasteiger partial charge in [-0.2, -0.15) is 0 Å². The average Bonchev–Trinajstić information content (AvgIpc) is 2.64. The van der Waals surface area contributed by atoms with E-state index in [1.165, 1.54) is 0 Å². The molecular weight excluding hydrogens is 214 g/mol. The molecule has 0 spiro atoms. The largest absolute Gasteiger partial charge is 0.327 e. The molecule has 2 aliphatic heterocycles. The van der Waals surface area contributed by atoms with Crippen LogP contribution in [0.2, 0.25) is 0 Å². The van der Waals surface area contributed by atoms with Crippen LogP contribution in [0.4, 0.5) is 5.69 Å². The Kier molecular flexibility index (Phi) is 2.61. The predicted octanol–water partition coefficient (Wildman–Crippen LogP) is 1.10. The number of nitrogens with one attached hydrogen (secondary N) is 1. The monoisotopic (exact) mass is 231 g/mol. The van der Waals surface area contributed by atoms with Crippen molar-refractivity contribution in [3.63, 3.8) is 0 Å². The third kappa shape index (κ3) is 1.83. The minimum Gasteiger partial charge on any atom is -0.327 e. The lowest BCUT2D eigenvalue weighted by molar-refractivity contribution is -0.121. The maximum absolute atomic E-state index is 12.0. The van der Waals surface area contributed by atoms with Crippen molar-refractivity contribution in [2.24, 2.45) is 5.73 Å².